The van der Waals surface area contributed by atoms with Crippen molar-refractivity contribution in [3.8, 4) is 0 Å². The van der Waals surface area contributed by atoms with Crippen LogP contribution in [0.5, 0.6) is 0 Å². The quantitative estimate of drug-likeness (QED) is 0.626. The molecule has 1 fully saturated rings. The molecule has 4 heteroatoms. The van der Waals surface area contributed by atoms with Gasteiger partial charge in [-0.1, -0.05) is 0 Å². The Hall–Kier alpha value is -0.610. The molecule has 1 heterocycles. The molecule has 1 unspecified atom stereocenters. The van der Waals surface area contributed by atoms with E-state index in [0.717, 1.165) is 32.6 Å². The number of nitrogens with two attached hydrogens (primary N) is 1. The normalized spacial score (nSPS) is 24.3. The van der Waals surface area contributed by atoms with Crippen LogP contribution in [-0.2, 0) is 4.79 Å². The van der Waals surface area contributed by atoms with Crippen LogP contribution in [0.4, 0.5) is 0 Å². The van der Waals surface area contributed by atoms with Gasteiger partial charge in [0.1, 0.15) is 0 Å². The van der Waals surface area contributed by atoms with Gasteiger partial charge in [0, 0.05) is 32.6 Å². The summed E-state index contributed by atoms with van der Waals surface area (Å²) >= 11 is 0. The van der Waals surface area contributed by atoms with Gasteiger partial charge in [-0.15, -0.1) is 0 Å². The average molecular weight is 185 g/mol. The third-order valence-corrected chi connectivity index (χ3v) is 2.34. The molecule has 0 aromatic carbocycles. The van der Waals surface area contributed by atoms with E-state index in [1.165, 1.54) is 6.42 Å². The third kappa shape index (κ3) is 4.24. The number of likely N-dealkylation sites (tertiary alicyclic amines) is 1. The number of hydrogen-bond donors (Lipinski definition) is 2. The molecular weight excluding hydrogens is 166 g/mol. The third-order valence-electron chi connectivity index (χ3n) is 2.34. The Bertz CT molecular complexity index is 172. The first-order valence-electron chi connectivity index (χ1n) is 4.91. The Balaban J connectivity index is 2.10. The molecule has 1 aliphatic rings. The average Bonchev–Trinajstić information content (AvgIpc) is 2.03. The first kappa shape index (κ1) is 10.5. The van der Waals surface area contributed by atoms with Crippen molar-refractivity contribution in [1.82, 2.24) is 10.2 Å². The van der Waals surface area contributed by atoms with Crippen LogP contribution in [-0.4, -0.2) is 43.0 Å². The predicted molar refractivity (Wildman–Crippen MR) is 52.3 cm³/mol. The largest absolute Gasteiger partial charge is 0.355 e. The number of nitrogens with zero attached hydrogens (tertiary/aromatic N) is 1. The zero-order valence-electron chi connectivity index (χ0n) is 8.25. The van der Waals surface area contributed by atoms with E-state index in [0.29, 0.717) is 6.04 Å². The van der Waals surface area contributed by atoms with Crippen LogP contribution < -0.4 is 11.1 Å². The molecule has 4 nitrogen and oxygen atoms in total. The molecule has 13 heavy (non-hydrogen) atoms. The number of amides is 1. The van der Waals surface area contributed by atoms with Crippen LogP contribution in [0.25, 0.3) is 0 Å². The fourth-order valence-corrected chi connectivity index (χ4v) is 1.68. The fraction of sp³-hybridized carbons (Fsp3) is 0.889. The molecule has 0 aromatic rings. The second kappa shape index (κ2) is 5.19. The van der Waals surface area contributed by atoms with Crippen molar-refractivity contribution in [2.24, 2.45) is 5.73 Å². The lowest BCUT2D eigenvalue weighted by Gasteiger charge is -2.30. The molecule has 1 aliphatic heterocycles. The summed E-state index contributed by atoms with van der Waals surface area (Å²) in [6, 6.07) is 0.325. The number of carbonyl (C=O) groups is 1. The molecule has 76 valence electrons. The van der Waals surface area contributed by atoms with Gasteiger partial charge >= 0.3 is 0 Å². The highest BCUT2D eigenvalue weighted by Crippen LogP contribution is 2.06. The summed E-state index contributed by atoms with van der Waals surface area (Å²) in [5.41, 5.74) is 5.83. The minimum Gasteiger partial charge on any atom is -0.355 e. The fourth-order valence-electron chi connectivity index (χ4n) is 1.68. The Morgan fingerprint density at radius 2 is 2.46 bits per heavy atom. The van der Waals surface area contributed by atoms with Gasteiger partial charge < -0.3 is 16.0 Å². The summed E-state index contributed by atoms with van der Waals surface area (Å²) in [5, 5.41) is 2.79. The summed E-state index contributed by atoms with van der Waals surface area (Å²) in [6.07, 6.45) is 2.32. The predicted octanol–water partition coefficient (Wildman–Crippen LogP) is -0.454. The summed E-state index contributed by atoms with van der Waals surface area (Å²) in [5.74, 6) is 0.0429. The maximum absolute atomic E-state index is 10.6. The van der Waals surface area contributed by atoms with E-state index in [9.17, 15) is 4.79 Å². The standard InChI is InChI=1S/C9H19N3O/c1-8(13)11-4-6-12-5-2-3-9(10)7-12/h9H,2-7,10H2,1H3,(H,11,13). The van der Waals surface area contributed by atoms with E-state index in [1.54, 1.807) is 6.92 Å². The highest BCUT2D eigenvalue weighted by molar-refractivity contribution is 5.72. The van der Waals surface area contributed by atoms with E-state index in [2.05, 4.69) is 10.2 Å². The molecule has 1 rings (SSSR count). The van der Waals surface area contributed by atoms with E-state index in [4.69, 9.17) is 5.73 Å². The molecule has 3 N–H and O–H groups in total. The molecule has 0 spiro atoms. The summed E-state index contributed by atoms with van der Waals surface area (Å²) in [7, 11) is 0. The van der Waals surface area contributed by atoms with Gasteiger partial charge in [-0.2, -0.15) is 0 Å². The van der Waals surface area contributed by atoms with Crippen molar-refractivity contribution in [3.63, 3.8) is 0 Å². The van der Waals surface area contributed by atoms with Crippen LogP contribution in [0, 0.1) is 0 Å². The van der Waals surface area contributed by atoms with Gasteiger partial charge in [-0.3, -0.25) is 4.79 Å². The van der Waals surface area contributed by atoms with Crippen molar-refractivity contribution >= 4 is 5.91 Å². The van der Waals surface area contributed by atoms with Crippen molar-refractivity contribution in [1.29, 1.82) is 0 Å². The molecule has 0 saturated carbocycles. The van der Waals surface area contributed by atoms with Gasteiger partial charge in [0.15, 0.2) is 0 Å². The Morgan fingerprint density at radius 3 is 3.08 bits per heavy atom. The Labute approximate surface area is 79.5 Å². The second-order valence-corrected chi connectivity index (χ2v) is 3.69. The number of piperidine rings is 1. The van der Waals surface area contributed by atoms with Crippen LogP contribution in [0.1, 0.15) is 19.8 Å². The van der Waals surface area contributed by atoms with Gasteiger partial charge in [0.25, 0.3) is 0 Å². The molecule has 0 radical (unpaired) electrons. The van der Waals surface area contributed by atoms with Gasteiger partial charge in [0.2, 0.25) is 5.91 Å². The summed E-state index contributed by atoms with van der Waals surface area (Å²) in [6.45, 7) is 5.30. The van der Waals surface area contributed by atoms with E-state index >= 15 is 0 Å². The maximum atomic E-state index is 10.6. The van der Waals surface area contributed by atoms with Crippen molar-refractivity contribution < 1.29 is 4.79 Å². The van der Waals surface area contributed by atoms with Crippen LogP contribution in [0.3, 0.4) is 0 Å². The number of carbonyl (C=O) groups excluding carboxylic acids is 1. The SMILES string of the molecule is CC(=O)NCCN1CCCC(N)C1. The summed E-state index contributed by atoms with van der Waals surface area (Å²) in [4.78, 5) is 12.9. The zero-order chi connectivity index (χ0) is 9.68. The van der Waals surface area contributed by atoms with Crippen molar-refractivity contribution in [2.45, 2.75) is 25.8 Å². The lowest BCUT2D eigenvalue weighted by atomic mass is 10.1. The molecule has 0 aliphatic carbocycles. The first-order valence-corrected chi connectivity index (χ1v) is 4.91. The van der Waals surface area contributed by atoms with Gasteiger partial charge in [-0.25, -0.2) is 0 Å². The Morgan fingerprint density at radius 1 is 1.69 bits per heavy atom. The van der Waals surface area contributed by atoms with Crippen molar-refractivity contribution in [2.75, 3.05) is 26.2 Å². The summed E-state index contributed by atoms with van der Waals surface area (Å²) < 4.78 is 0. The highest BCUT2D eigenvalue weighted by Gasteiger charge is 2.15. The van der Waals surface area contributed by atoms with Crippen molar-refractivity contribution in [3.05, 3.63) is 0 Å². The van der Waals surface area contributed by atoms with Crippen LogP contribution >= 0.6 is 0 Å². The lowest BCUT2D eigenvalue weighted by Crippen LogP contribution is -2.45. The molecule has 1 atom stereocenters. The topological polar surface area (TPSA) is 58.4 Å². The van der Waals surface area contributed by atoms with E-state index < -0.39 is 0 Å². The lowest BCUT2D eigenvalue weighted by molar-refractivity contribution is -0.119. The number of rotatable bonds is 3. The molecule has 1 saturated heterocycles. The maximum Gasteiger partial charge on any atom is 0.216 e. The Kier molecular flexibility index (Phi) is 4.18. The monoisotopic (exact) mass is 185 g/mol. The number of nitrogens with one attached hydrogen (secondary N) is 1. The van der Waals surface area contributed by atoms with Crippen LogP contribution in [0.2, 0.25) is 0 Å². The van der Waals surface area contributed by atoms with Gasteiger partial charge in [0.05, 0.1) is 0 Å². The van der Waals surface area contributed by atoms with E-state index in [-0.39, 0.29) is 5.91 Å². The van der Waals surface area contributed by atoms with Gasteiger partial charge in [-0.05, 0) is 19.4 Å². The second-order valence-electron chi connectivity index (χ2n) is 3.69. The minimum absolute atomic E-state index is 0.0429. The molecular formula is C9H19N3O. The van der Waals surface area contributed by atoms with E-state index in [1.807, 2.05) is 0 Å². The highest BCUT2D eigenvalue weighted by atomic mass is 16.1. The molecule has 0 aromatic heterocycles. The first-order chi connectivity index (χ1) is 6.18. The van der Waals surface area contributed by atoms with Crippen LogP contribution in [0.15, 0.2) is 0 Å². The minimum atomic E-state index is 0.0429. The smallest absolute Gasteiger partial charge is 0.216 e. The number of hydrogen-bond acceptors (Lipinski definition) is 3. The molecule has 1 amide bonds. The molecule has 0 bridgehead atoms. The zero-order valence-corrected chi connectivity index (χ0v) is 8.25.